The summed E-state index contributed by atoms with van der Waals surface area (Å²) in [6.07, 6.45) is 6.09. The van der Waals surface area contributed by atoms with Crippen LogP contribution in [0, 0.1) is 11.7 Å². The average molecular weight is 489 g/mol. The lowest BCUT2D eigenvalue weighted by Crippen LogP contribution is -2.48. The smallest absolute Gasteiger partial charge is 0.123 e. The summed E-state index contributed by atoms with van der Waals surface area (Å²) in [6, 6.07) is 15.4. The molecule has 1 N–H and O–H groups in total. The van der Waals surface area contributed by atoms with Crippen molar-refractivity contribution >= 4 is 17.1 Å². The second-order valence-electron chi connectivity index (χ2n) is 10.3. The van der Waals surface area contributed by atoms with Gasteiger partial charge < -0.3 is 15.0 Å². The van der Waals surface area contributed by atoms with Crippen molar-refractivity contribution < 1.29 is 9.13 Å². The van der Waals surface area contributed by atoms with Crippen molar-refractivity contribution in [2.45, 2.75) is 32.6 Å². The van der Waals surface area contributed by atoms with E-state index in [1.54, 1.807) is 6.07 Å². The zero-order valence-electron chi connectivity index (χ0n) is 21.4. The number of aromatic nitrogens is 1. The highest BCUT2D eigenvalue weighted by atomic mass is 19.1. The van der Waals surface area contributed by atoms with E-state index in [0.29, 0.717) is 5.92 Å². The van der Waals surface area contributed by atoms with Gasteiger partial charge in [-0.1, -0.05) is 38.1 Å². The van der Waals surface area contributed by atoms with Gasteiger partial charge in [-0.2, -0.15) is 0 Å². The molecule has 2 aliphatic heterocycles. The number of hydrogen-bond donors (Lipinski definition) is 1. The minimum absolute atomic E-state index is 0.235. The van der Waals surface area contributed by atoms with Gasteiger partial charge in [-0.25, -0.2) is 4.39 Å². The standard InChI is InChI=1S/C30H37FN4O/c1-22(2)25-5-3-4-6-26(25)27-19-24(31)7-8-28(27)33-29-20-32-12-9-30(29)35-15-13-34(14-16-35)21-23-10-17-36-18-11-23/h3-9,12,19-20,22-23,33H,10-11,13-18,21H2,1-2H3. The molecule has 1 aromatic heterocycles. The molecule has 0 saturated carbocycles. The van der Waals surface area contributed by atoms with E-state index < -0.39 is 0 Å². The summed E-state index contributed by atoms with van der Waals surface area (Å²) in [5.74, 6) is 0.860. The molecule has 36 heavy (non-hydrogen) atoms. The Labute approximate surface area is 214 Å². The molecule has 2 aliphatic rings. The number of anilines is 3. The predicted octanol–water partition coefficient (Wildman–Crippen LogP) is 6.30. The lowest BCUT2D eigenvalue weighted by Gasteiger charge is -2.38. The number of benzene rings is 2. The van der Waals surface area contributed by atoms with Gasteiger partial charge in [0, 0.05) is 63.4 Å². The number of nitrogens with zero attached hydrogens (tertiary/aromatic N) is 3. The third-order valence-electron chi connectivity index (χ3n) is 7.49. The molecule has 0 bridgehead atoms. The first-order valence-corrected chi connectivity index (χ1v) is 13.2. The molecule has 3 aromatic rings. The maximum absolute atomic E-state index is 14.4. The molecule has 0 radical (unpaired) electrons. The van der Waals surface area contributed by atoms with Crippen molar-refractivity contribution in [3.63, 3.8) is 0 Å². The SMILES string of the molecule is CC(C)c1ccccc1-c1cc(F)ccc1Nc1cnccc1N1CCN(CC2CCOCC2)CC1. The highest BCUT2D eigenvalue weighted by molar-refractivity contribution is 5.85. The van der Waals surface area contributed by atoms with Gasteiger partial charge in [0.05, 0.1) is 17.6 Å². The Morgan fingerprint density at radius 2 is 1.75 bits per heavy atom. The first kappa shape index (κ1) is 24.7. The summed E-state index contributed by atoms with van der Waals surface area (Å²) in [5.41, 5.74) is 6.11. The van der Waals surface area contributed by atoms with Gasteiger partial charge in [-0.15, -0.1) is 0 Å². The fourth-order valence-electron chi connectivity index (χ4n) is 5.46. The van der Waals surface area contributed by atoms with E-state index in [4.69, 9.17) is 4.74 Å². The minimum Gasteiger partial charge on any atom is -0.381 e. The molecule has 2 aromatic carbocycles. The van der Waals surface area contributed by atoms with E-state index in [-0.39, 0.29) is 5.82 Å². The van der Waals surface area contributed by atoms with Crippen molar-refractivity contribution in [3.8, 4) is 11.1 Å². The number of piperazine rings is 1. The normalized spacial score (nSPS) is 17.5. The number of halogens is 1. The Morgan fingerprint density at radius 3 is 2.53 bits per heavy atom. The number of hydrogen-bond acceptors (Lipinski definition) is 5. The van der Waals surface area contributed by atoms with Crippen LogP contribution in [-0.4, -0.2) is 55.8 Å². The monoisotopic (exact) mass is 488 g/mol. The molecule has 190 valence electrons. The fraction of sp³-hybridized carbons (Fsp3) is 0.433. The molecule has 0 spiro atoms. The van der Waals surface area contributed by atoms with Crippen LogP contribution in [0.15, 0.2) is 60.9 Å². The summed E-state index contributed by atoms with van der Waals surface area (Å²) in [7, 11) is 0. The number of ether oxygens (including phenoxy) is 1. The predicted molar refractivity (Wildman–Crippen MR) is 146 cm³/mol. The maximum Gasteiger partial charge on any atom is 0.123 e. The van der Waals surface area contributed by atoms with Crippen molar-refractivity contribution in [2.24, 2.45) is 5.92 Å². The molecule has 2 saturated heterocycles. The minimum atomic E-state index is -0.235. The molecular weight excluding hydrogens is 451 g/mol. The van der Waals surface area contributed by atoms with Gasteiger partial charge in [0.15, 0.2) is 0 Å². The van der Waals surface area contributed by atoms with Gasteiger partial charge in [-0.3, -0.25) is 9.88 Å². The van der Waals surface area contributed by atoms with Crippen LogP contribution in [0.4, 0.5) is 21.5 Å². The zero-order valence-corrected chi connectivity index (χ0v) is 21.4. The summed E-state index contributed by atoms with van der Waals surface area (Å²) in [6.45, 7) is 11.4. The van der Waals surface area contributed by atoms with Gasteiger partial charge in [-0.05, 0) is 60.1 Å². The van der Waals surface area contributed by atoms with Crippen molar-refractivity contribution in [2.75, 3.05) is 56.2 Å². The third kappa shape index (κ3) is 5.71. The van der Waals surface area contributed by atoms with E-state index in [1.807, 2.05) is 30.6 Å². The van der Waals surface area contributed by atoms with Gasteiger partial charge >= 0.3 is 0 Å². The second-order valence-corrected chi connectivity index (χ2v) is 10.3. The lowest BCUT2D eigenvalue weighted by atomic mass is 9.91. The largest absolute Gasteiger partial charge is 0.381 e. The molecule has 0 unspecified atom stereocenters. The number of rotatable bonds is 7. The van der Waals surface area contributed by atoms with Crippen LogP contribution in [0.5, 0.6) is 0 Å². The zero-order chi connectivity index (χ0) is 24.9. The Bertz CT molecular complexity index is 1150. The second kappa shape index (κ2) is 11.4. The highest BCUT2D eigenvalue weighted by Gasteiger charge is 2.23. The summed E-state index contributed by atoms with van der Waals surface area (Å²) in [5, 5.41) is 3.61. The van der Waals surface area contributed by atoms with Crippen LogP contribution in [0.25, 0.3) is 11.1 Å². The summed E-state index contributed by atoms with van der Waals surface area (Å²) >= 11 is 0. The van der Waals surface area contributed by atoms with Crippen LogP contribution < -0.4 is 10.2 Å². The van der Waals surface area contributed by atoms with Crippen LogP contribution in [-0.2, 0) is 4.74 Å². The van der Waals surface area contributed by atoms with Crippen LogP contribution in [0.3, 0.4) is 0 Å². The van der Waals surface area contributed by atoms with E-state index in [2.05, 4.69) is 52.1 Å². The van der Waals surface area contributed by atoms with Gasteiger partial charge in [0.1, 0.15) is 5.82 Å². The molecular formula is C30H37FN4O. The molecule has 0 aliphatic carbocycles. The first-order chi connectivity index (χ1) is 17.6. The van der Waals surface area contributed by atoms with E-state index in [9.17, 15) is 4.39 Å². The molecule has 5 rings (SSSR count). The van der Waals surface area contributed by atoms with Gasteiger partial charge in [0.25, 0.3) is 0 Å². The highest BCUT2D eigenvalue weighted by Crippen LogP contribution is 2.38. The molecule has 6 heteroatoms. The van der Waals surface area contributed by atoms with E-state index >= 15 is 0 Å². The van der Waals surface area contributed by atoms with Crippen molar-refractivity contribution in [1.82, 2.24) is 9.88 Å². The summed E-state index contributed by atoms with van der Waals surface area (Å²) in [4.78, 5) is 9.45. The topological polar surface area (TPSA) is 40.6 Å². The first-order valence-electron chi connectivity index (χ1n) is 13.2. The molecule has 3 heterocycles. The Morgan fingerprint density at radius 1 is 0.972 bits per heavy atom. The quantitative estimate of drug-likeness (QED) is 0.422. The Kier molecular flexibility index (Phi) is 7.83. The lowest BCUT2D eigenvalue weighted by molar-refractivity contribution is 0.0517. The van der Waals surface area contributed by atoms with Crippen LogP contribution in [0.2, 0.25) is 0 Å². The fourth-order valence-corrected chi connectivity index (χ4v) is 5.46. The van der Waals surface area contributed by atoms with E-state index in [1.165, 1.54) is 31.0 Å². The Hall–Kier alpha value is -2.96. The van der Waals surface area contributed by atoms with Crippen molar-refractivity contribution in [1.29, 1.82) is 0 Å². The van der Waals surface area contributed by atoms with Gasteiger partial charge in [0.2, 0.25) is 0 Å². The number of nitrogens with one attached hydrogen (secondary N) is 1. The van der Waals surface area contributed by atoms with Crippen LogP contribution >= 0.6 is 0 Å². The van der Waals surface area contributed by atoms with Crippen molar-refractivity contribution in [3.05, 3.63) is 72.3 Å². The molecule has 0 atom stereocenters. The summed E-state index contributed by atoms with van der Waals surface area (Å²) < 4.78 is 19.9. The maximum atomic E-state index is 14.4. The molecule has 2 fully saturated rings. The molecule has 0 amide bonds. The Balaban J connectivity index is 1.35. The number of pyridine rings is 1. The van der Waals surface area contributed by atoms with Crippen LogP contribution in [0.1, 0.15) is 38.2 Å². The average Bonchev–Trinajstić information content (AvgIpc) is 2.91. The molecule has 5 nitrogen and oxygen atoms in total. The third-order valence-corrected chi connectivity index (χ3v) is 7.49. The van der Waals surface area contributed by atoms with E-state index in [0.717, 1.165) is 73.5 Å².